The summed E-state index contributed by atoms with van der Waals surface area (Å²) in [4.78, 5) is 11.5. The minimum absolute atomic E-state index is 0.641. The Hall–Kier alpha value is -2.50. The van der Waals surface area contributed by atoms with Crippen molar-refractivity contribution in [3.05, 3.63) is 41.7 Å². The summed E-state index contributed by atoms with van der Waals surface area (Å²) in [5, 5.41) is 16.5. The first kappa shape index (κ1) is 13.9. The van der Waals surface area contributed by atoms with Crippen molar-refractivity contribution < 1.29 is 14.6 Å². The number of benzene rings is 1. The highest BCUT2D eigenvalue weighted by Gasteiger charge is 2.23. The first-order valence-corrected chi connectivity index (χ1v) is 6.15. The quantitative estimate of drug-likeness (QED) is 0.872. The molecule has 2 N–H and O–H groups in total. The van der Waals surface area contributed by atoms with E-state index in [1.165, 1.54) is 0 Å². The minimum atomic E-state index is -0.955. The molecule has 1 unspecified atom stereocenters. The van der Waals surface area contributed by atoms with E-state index in [4.69, 9.17) is 4.74 Å². The van der Waals surface area contributed by atoms with Gasteiger partial charge in [-0.15, -0.1) is 0 Å². The van der Waals surface area contributed by atoms with Crippen LogP contribution in [0.4, 0.5) is 5.69 Å². The summed E-state index contributed by atoms with van der Waals surface area (Å²) >= 11 is 0. The fourth-order valence-electron chi connectivity index (χ4n) is 1.95. The van der Waals surface area contributed by atoms with E-state index < -0.39 is 12.0 Å². The van der Waals surface area contributed by atoms with Crippen molar-refractivity contribution in [2.45, 2.75) is 13.0 Å². The molecule has 2 aromatic rings. The number of hydrogen-bond donors (Lipinski definition) is 2. The number of methoxy groups -OCH3 is 1. The van der Waals surface area contributed by atoms with E-state index in [2.05, 4.69) is 10.4 Å². The van der Waals surface area contributed by atoms with Gasteiger partial charge in [0.05, 0.1) is 13.3 Å². The Balaban J connectivity index is 2.30. The van der Waals surface area contributed by atoms with Gasteiger partial charge in [-0.1, -0.05) is 6.07 Å². The van der Waals surface area contributed by atoms with Gasteiger partial charge >= 0.3 is 5.97 Å². The predicted octanol–water partition coefficient (Wildman–Crippen LogP) is 1.97. The van der Waals surface area contributed by atoms with Gasteiger partial charge in [-0.25, -0.2) is 4.79 Å². The lowest BCUT2D eigenvalue weighted by molar-refractivity contribution is -0.138. The second-order valence-electron chi connectivity index (χ2n) is 4.46. The minimum Gasteiger partial charge on any atom is -0.497 e. The molecule has 1 aromatic heterocycles. The summed E-state index contributed by atoms with van der Waals surface area (Å²) < 4.78 is 6.78. The van der Waals surface area contributed by atoms with Gasteiger partial charge in [-0.05, 0) is 19.1 Å². The van der Waals surface area contributed by atoms with Gasteiger partial charge in [-0.3, -0.25) is 4.68 Å². The first-order chi connectivity index (χ1) is 9.52. The van der Waals surface area contributed by atoms with Gasteiger partial charge in [0.2, 0.25) is 0 Å². The lowest BCUT2D eigenvalue weighted by atomic mass is 10.1. The average molecular weight is 275 g/mol. The Morgan fingerprint density at radius 3 is 2.80 bits per heavy atom. The molecule has 20 heavy (non-hydrogen) atoms. The number of aliphatic carboxylic acids is 1. The molecule has 0 bridgehead atoms. The van der Waals surface area contributed by atoms with Crippen LogP contribution in [-0.4, -0.2) is 28.0 Å². The molecule has 0 aliphatic rings. The number of carboxylic acids is 1. The van der Waals surface area contributed by atoms with Crippen LogP contribution in [0.25, 0.3) is 0 Å². The van der Waals surface area contributed by atoms with Crippen LogP contribution in [0.3, 0.4) is 0 Å². The summed E-state index contributed by atoms with van der Waals surface area (Å²) in [6, 6.07) is 6.30. The highest BCUT2D eigenvalue weighted by molar-refractivity contribution is 5.79. The molecule has 1 atom stereocenters. The summed E-state index contributed by atoms with van der Waals surface area (Å²) in [5.41, 5.74) is 2.13. The smallest absolute Gasteiger partial charge is 0.330 e. The van der Waals surface area contributed by atoms with Crippen LogP contribution in [0.2, 0.25) is 0 Å². The molecule has 0 amide bonds. The highest BCUT2D eigenvalue weighted by atomic mass is 16.5. The molecule has 0 radical (unpaired) electrons. The van der Waals surface area contributed by atoms with Crippen molar-refractivity contribution in [3.63, 3.8) is 0 Å². The topological polar surface area (TPSA) is 76.4 Å². The van der Waals surface area contributed by atoms with Crippen molar-refractivity contribution in [2.75, 3.05) is 12.4 Å². The third kappa shape index (κ3) is 2.74. The number of rotatable bonds is 5. The van der Waals surface area contributed by atoms with E-state index in [1.54, 1.807) is 49.3 Å². The molecule has 0 fully saturated rings. The lowest BCUT2D eigenvalue weighted by Gasteiger charge is -2.16. The number of carboxylic acid groups (broad SMARTS) is 1. The van der Waals surface area contributed by atoms with Crippen molar-refractivity contribution in [3.8, 4) is 5.75 Å². The Bertz CT molecular complexity index is 622. The average Bonchev–Trinajstić information content (AvgIpc) is 2.76. The zero-order valence-electron chi connectivity index (χ0n) is 11.6. The van der Waals surface area contributed by atoms with Crippen LogP contribution in [0, 0.1) is 6.92 Å². The van der Waals surface area contributed by atoms with Crippen LogP contribution in [0.15, 0.2) is 30.5 Å². The molecule has 0 saturated heterocycles. The Kier molecular flexibility index (Phi) is 3.93. The monoisotopic (exact) mass is 275 g/mol. The number of nitrogens with zero attached hydrogens (tertiary/aromatic N) is 2. The van der Waals surface area contributed by atoms with Gasteiger partial charge in [0.1, 0.15) is 5.75 Å². The molecule has 2 rings (SSSR count). The molecule has 0 spiro atoms. The second-order valence-corrected chi connectivity index (χ2v) is 4.46. The van der Waals surface area contributed by atoms with E-state index in [-0.39, 0.29) is 0 Å². The maximum atomic E-state index is 11.5. The fraction of sp³-hybridized carbons (Fsp3) is 0.286. The SMILES string of the molecule is COc1cccc(NC(C(=O)O)c2cnn(C)c2C)c1. The van der Waals surface area contributed by atoms with Gasteiger partial charge in [0.25, 0.3) is 0 Å². The van der Waals surface area contributed by atoms with E-state index in [0.717, 1.165) is 5.69 Å². The number of hydrogen-bond acceptors (Lipinski definition) is 4. The number of carbonyl (C=O) groups is 1. The van der Waals surface area contributed by atoms with Gasteiger partial charge in [0.15, 0.2) is 6.04 Å². The number of ether oxygens (including phenoxy) is 1. The van der Waals surface area contributed by atoms with Crippen molar-refractivity contribution in [2.24, 2.45) is 7.05 Å². The maximum absolute atomic E-state index is 11.5. The summed E-state index contributed by atoms with van der Waals surface area (Å²) in [5.74, 6) is -0.286. The predicted molar refractivity (Wildman–Crippen MR) is 74.9 cm³/mol. The van der Waals surface area contributed by atoms with Crippen LogP contribution in [-0.2, 0) is 11.8 Å². The van der Waals surface area contributed by atoms with Gasteiger partial charge < -0.3 is 15.2 Å². The zero-order chi connectivity index (χ0) is 14.7. The molecule has 106 valence electrons. The summed E-state index contributed by atoms with van der Waals surface area (Å²) in [6.07, 6.45) is 1.57. The van der Waals surface area contributed by atoms with Crippen LogP contribution >= 0.6 is 0 Å². The maximum Gasteiger partial charge on any atom is 0.330 e. The molecular formula is C14H17N3O3. The van der Waals surface area contributed by atoms with Crippen LogP contribution in [0.5, 0.6) is 5.75 Å². The van der Waals surface area contributed by atoms with Crippen molar-refractivity contribution in [1.29, 1.82) is 0 Å². The molecule has 0 saturated carbocycles. The number of nitrogens with one attached hydrogen (secondary N) is 1. The van der Waals surface area contributed by atoms with Crippen molar-refractivity contribution >= 4 is 11.7 Å². The van der Waals surface area contributed by atoms with E-state index in [1.807, 2.05) is 6.92 Å². The van der Waals surface area contributed by atoms with Gasteiger partial charge in [-0.2, -0.15) is 5.10 Å². The molecule has 0 aliphatic carbocycles. The van der Waals surface area contributed by atoms with E-state index >= 15 is 0 Å². The normalized spacial score (nSPS) is 11.9. The molecule has 0 aliphatic heterocycles. The Morgan fingerprint density at radius 2 is 2.25 bits per heavy atom. The van der Waals surface area contributed by atoms with Crippen LogP contribution < -0.4 is 10.1 Å². The highest BCUT2D eigenvalue weighted by Crippen LogP contribution is 2.24. The molecule has 6 heteroatoms. The Morgan fingerprint density at radius 1 is 1.50 bits per heavy atom. The molecule has 1 heterocycles. The molecular weight excluding hydrogens is 258 g/mol. The largest absolute Gasteiger partial charge is 0.497 e. The molecule has 6 nitrogen and oxygen atoms in total. The Labute approximate surface area is 117 Å². The lowest BCUT2D eigenvalue weighted by Crippen LogP contribution is -2.21. The van der Waals surface area contributed by atoms with E-state index in [9.17, 15) is 9.90 Å². The van der Waals surface area contributed by atoms with E-state index in [0.29, 0.717) is 17.0 Å². The standard InChI is InChI=1S/C14H17N3O3/c1-9-12(8-15-17(9)2)13(14(18)19)16-10-5-4-6-11(7-10)20-3/h4-8,13,16H,1-3H3,(H,18,19). The third-order valence-electron chi connectivity index (χ3n) is 3.21. The summed E-state index contributed by atoms with van der Waals surface area (Å²) in [7, 11) is 3.35. The van der Waals surface area contributed by atoms with Crippen molar-refractivity contribution in [1.82, 2.24) is 9.78 Å². The third-order valence-corrected chi connectivity index (χ3v) is 3.21. The second kappa shape index (κ2) is 5.64. The number of aryl methyl sites for hydroxylation is 1. The van der Waals surface area contributed by atoms with Crippen LogP contribution in [0.1, 0.15) is 17.3 Å². The van der Waals surface area contributed by atoms with Gasteiger partial charge in [0, 0.05) is 30.1 Å². The first-order valence-electron chi connectivity index (χ1n) is 6.15. The fourth-order valence-corrected chi connectivity index (χ4v) is 1.95. The summed E-state index contributed by atoms with van der Waals surface area (Å²) in [6.45, 7) is 1.84. The molecule has 1 aromatic carbocycles. The zero-order valence-corrected chi connectivity index (χ0v) is 11.6. The number of anilines is 1. The number of aromatic nitrogens is 2.